The lowest BCUT2D eigenvalue weighted by Gasteiger charge is -2.15. The van der Waals surface area contributed by atoms with Gasteiger partial charge in [0.2, 0.25) is 0 Å². The van der Waals surface area contributed by atoms with E-state index in [1.54, 1.807) is 6.07 Å². The molecule has 0 amide bonds. The second kappa shape index (κ2) is 3.70. The van der Waals surface area contributed by atoms with E-state index in [1.807, 2.05) is 19.1 Å². The van der Waals surface area contributed by atoms with Crippen LogP contribution >= 0.6 is 0 Å². The SMILES string of the molecule is Cc1ccc(C2=NCCCN2)c(O)c1. The number of hydrogen-bond acceptors (Lipinski definition) is 3. The van der Waals surface area contributed by atoms with Gasteiger partial charge < -0.3 is 10.4 Å². The van der Waals surface area contributed by atoms with Gasteiger partial charge in [-0.3, -0.25) is 4.99 Å². The largest absolute Gasteiger partial charge is 0.507 e. The van der Waals surface area contributed by atoms with E-state index in [2.05, 4.69) is 10.3 Å². The van der Waals surface area contributed by atoms with Crippen molar-refractivity contribution in [3.05, 3.63) is 29.3 Å². The normalized spacial score (nSPS) is 15.9. The Hall–Kier alpha value is -1.51. The molecule has 74 valence electrons. The molecular weight excluding hydrogens is 176 g/mol. The molecule has 1 aromatic rings. The lowest BCUT2D eigenvalue weighted by atomic mass is 10.1. The number of hydrogen-bond donors (Lipinski definition) is 2. The molecule has 1 aliphatic heterocycles. The molecule has 14 heavy (non-hydrogen) atoms. The number of benzene rings is 1. The Bertz CT molecular complexity index is 372. The first-order chi connectivity index (χ1) is 6.77. The van der Waals surface area contributed by atoms with Crippen LogP contribution in [0.2, 0.25) is 0 Å². The van der Waals surface area contributed by atoms with Crippen LogP contribution in [0.4, 0.5) is 0 Å². The van der Waals surface area contributed by atoms with Crippen molar-refractivity contribution in [2.24, 2.45) is 4.99 Å². The van der Waals surface area contributed by atoms with Crippen molar-refractivity contribution in [1.29, 1.82) is 0 Å². The second-order valence-corrected chi connectivity index (χ2v) is 3.53. The molecular formula is C11H14N2O. The van der Waals surface area contributed by atoms with E-state index >= 15 is 0 Å². The summed E-state index contributed by atoms with van der Waals surface area (Å²) in [5.41, 5.74) is 1.86. The molecule has 3 heteroatoms. The molecule has 1 aliphatic rings. The van der Waals surface area contributed by atoms with Crippen molar-refractivity contribution in [1.82, 2.24) is 5.32 Å². The number of rotatable bonds is 1. The molecule has 0 atom stereocenters. The van der Waals surface area contributed by atoms with Crippen LogP contribution in [0.15, 0.2) is 23.2 Å². The van der Waals surface area contributed by atoms with Gasteiger partial charge in [0, 0.05) is 13.1 Å². The van der Waals surface area contributed by atoms with Crippen LogP contribution < -0.4 is 5.32 Å². The summed E-state index contributed by atoms with van der Waals surface area (Å²) in [4.78, 5) is 4.34. The fourth-order valence-electron chi connectivity index (χ4n) is 1.55. The smallest absolute Gasteiger partial charge is 0.132 e. The van der Waals surface area contributed by atoms with Gasteiger partial charge in [0.15, 0.2) is 0 Å². The maximum atomic E-state index is 9.72. The predicted octanol–water partition coefficient (Wildman–Crippen LogP) is 1.44. The number of phenolic OH excluding ortho intramolecular Hbond substituents is 1. The van der Waals surface area contributed by atoms with Crippen LogP contribution in [0.25, 0.3) is 0 Å². The standard InChI is InChI=1S/C11H14N2O/c1-8-3-4-9(10(14)7-8)11-12-5-2-6-13-11/h3-4,7,14H,2,5-6H2,1H3,(H,12,13). The first-order valence-electron chi connectivity index (χ1n) is 4.86. The number of amidine groups is 1. The molecule has 0 fully saturated rings. The molecule has 0 aliphatic carbocycles. The lowest BCUT2D eigenvalue weighted by Crippen LogP contribution is -2.30. The van der Waals surface area contributed by atoms with Gasteiger partial charge in [0.05, 0.1) is 5.56 Å². The molecule has 3 nitrogen and oxygen atoms in total. The van der Waals surface area contributed by atoms with Crippen LogP contribution in [-0.4, -0.2) is 24.0 Å². The topological polar surface area (TPSA) is 44.6 Å². The fourth-order valence-corrected chi connectivity index (χ4v) is 1.55. The van der Waals surface area contributed by atoms with Crippen molar-refractivity contribution in [2.45, 2.75) is 13.3 Å². The zero-order valence-electron chi connectivity index (χ0n) is 8.25. The number of aromatic hydroxyl groups is 1. The third kappa shape index (κ3) is 1.71. The Morgan fingerprint density at radius 1 is 1.43 bits per heavy atom. The molecule has 0 bridgehead atoms. The van der Waals surface area contributed by atoms with E-state index in [0.717, 1.165) is 36.5 Å². The second-order valence-electron chi connectivity index (χ2n) is 3.53. The molecule has 0 spiro atoms. The quantitative estimate of drug-likeness (QED) is 0.703. The third-order valence-electron chi connectivity index (χ3n) is 2.31. The average Bonchev–Trinajstić information content (AvgIpc) is 2.19. The van der Waals surface area contributed by atoms with Crippen LogP contribution in [0, 0.1) is 6.92 Å². The molecule has 2 N–H and O–H groups in total. The molecule has 0 radical (unpaired) electrons. The highest BCUT2D eigenvalue weighted by Crippen LogP contribution is 2.19. The highest BCUT2D eigenvalue weighted by Gasteiger charge is 2.10. The summed E-state index contributed by atoms with van der Waals surface area (Å²) in [5, 5.41) is 12.9. The molecule has 0 aromatic heterocycles. The molecule has 0 saturated heterocycles. The first kappa shape index (κ1) is 9.06. The van der Waals surface area contributed by atoms with Crippen LogP contribution in [0.5, 0.6) is 5.75 Å². The van der Waals surface area contributed by atoms with Crippen LogP contribution in [0.3, 0.4) is 0 Å². The van der Waals surface area contributed by atoms with E-state index in [9.17, 15) is 5.11 Å². The van der Waals surface area contributed by atoms with Gasteiger partial charge in [-0.05, 0) is 31.0 Å². The molecule has 0 saturated carbocycles. The first-order valence-corrected chi connectivity index (χ1v) is 4.86. The van der Waals surface area contributed by atoms with E-state index in [-0.39, 0.29) is 0 Å². The van der Waals surface area contributed by atoms with Gasteiger partial charge >= 0.3 is 0 Å². The summed E-state index contributed by atoms with van der Waals surface area (Å²) in [6.45, 7) is 3.74. The maximum Gasteiger partial charge on any atom is 0.132 e. The molecule has 1 heterocycles. The van der Waals surface area contributed by atoms with Gasteiger partial charge in [0.25, 0.3) is 0 Å². The average molecular weight is 190 g/mol. The van der Waals surface area contributed by atoms with E-state index in [4.69, 9.17) is 0 Å². The summed E-state index contributed by atoms with van der Waals surface area (Å²) in [6.07, 6.45) is 1.07. The fraction of sp³-hybridized carbons (Fsp3) is 0.364. The van der Waals surface area contributed by atoms with Gasteiger partial charge in [0.1, 0.15) is 11.6 Å². The van der Waals surface area contributed by atoms with Gasteiger partial charge in [-0.2, -0.15) is 0 Å². The third-order valence-corrected chi connectivity index (χ3v) is 2.31. The molecule has 1 aromatic carbocycles. The summed E-state index contributed by atoms with van der Waals surface area (Å²) in [6, 6.07) is 5.64. The Morgan fingerprint density at radius 2 is 2.29 bits per heavy atom. The Morgan fingerprint density at radius 3 is 2.93 bits per heavy atom. The number of nitrogens with zero attached hydrogens (tertiary/aromatic N) is 1. The molecule has 2 rings (SSSR count). The van der Waals surface area contributed by atoms with Gasteiger partial charge in [-0.15, -0.1) is 0 Å². The predicted molar refractivity (Wildman–Crippen MR) is 56.9 cm³/mol. The minimum atomic E-state index is 0.304. The summed E-state index contributed by atoms with van der Waals surface area (Å²) >= 11 is 0. The Balaban J connectivity index is 2.35. The van der Waals surface area contributed by atoms with Crippen LogP contribution in [0.1, 0.15) is 17.5 Å². The summed E-state index contributed by atoms with van der Waals surface area (Å²) in [5.74, 6) is 1.12. The number of phenols is 1. The number of nitrogens with one attached hydrogen (secondary N) is 1. The van der Waals surface area contributed by atoms with Crippen molar-refractivity contribution >= 4 is 5.84 Å². The highest BCUT2D eigenvalue weighted by atomic mass is 16.3. The Kier molecular flexibility index (Phi) is 2.39. The van der Waals surface area contributed by atoms with E-state index in [1.165, 1.54) is 0 Å². The lowest BCUT2D eigenvalue weighted by molar-refractivity contribution is 0.473. The van der Waals surface area contributed by atoms with E-state index < -0.39 is 0 Å². The highest BCUT2D eigenvalue weighted by molar-refractivity contribution is 6.01. The van der Waals surface area contributed by atoms with Crippen molar-refractivity contribution in [2.75, 3.05) is 13.1 Å². The molecule has 0 unspecified atom stereocenters. The minimum absolute atomic E-state index is 0.304. The summed E-state index contributed by atoms with van der Waals surface area (Å²) in [7, 11) is 0. The van der Waals surface area contributed by atoms with Gasteiger partial charge in [-0.1, -0.05) is 6.07 Å². The zero-order chi connectivity index (χ0) is 9.97. The van der Waals surface area contributed by atoms with E-state index in [0.29, 0.717) is 5.75 Å². The van der Waals surface area contributed by atoms with Crippen molar-refractivity contribution in [3.8, 4) is 5.75 Å². The Labute approximate surface area is 83.5 Å². The minimum Gasteiger partial charge on any atom is -0.507 e. The summed E-state index contributed by atoms with van der Waals surface area (Å²) < 4.78 is 0. The number of aryl methyl sites for hydroxylation is 1. The number of aliphatic imine (C=N–C) groups is 1. The van der Waals surface area contributed by atoms with Gasteiger partial charge in [-0.25, -0.2) is 0 Å². The zero-order valence-corrected chi connectivity index (χ0v) is 8.25. The van der Waals surface area contributed by atoms with Crippen molar-refractivity contribution in [3.63, 3.8) is 0 Å². The maximum absolute atomic E-state index is 9.72. The van der Waals surface area contributed by atoms with Crippen LogP contribution in [-0.2, 0) is 0 Å². The van der Waals surface area contributed by atoms with Crippen molar-refractivity contribution < 1.29 is 5.11 Å². The monoisotopic (exact) mass is 190 g/mol.